The van der Waals surface area contributed by atoms with Crippen molar-refractivity contribution in [2.24, 2.45) is 0 Å². The van der Waals surface area contributed by atoms with Gasteiger partial charge < -0.3 is 5.32 Å². The molecule has 0 aliphatic heterocycles. The van der Waals surface area contributed by atoms with E-state index in [1.807, 2.05) is 0 Å². The molecule has 0 fully saturated rings. The van der Waals surface area contributed by atoms with Crippen LogP contribution in [-0.4, -0.2) is 6.54 Å². The molecule has 0 saturated heterocycles. The van der Waals surface area contributed by atoms with Crippen LogP contribution in [0.15, 0.2) is 18.2 Å². The molecular formula is C15H21F4N. The van der Waals surface area contributed by atoms with Gasteiger partial charge in [0.25, 0.3) is 0 Å². The maximum atomic E-state index is 13.4. The van der Waals surface area contributed by atoms with Gasteiger partial charge in [-0.05, 0) is 24.6 Å². The van der Waals surface area contributed by atoms with Crippen molar-refractivity contribution >= 4 is 5.69 Å². The molecule has 1 rings (SSSR count). The molecule has 0 amide bonds. The summed E-state index contributed by atoms with van der Waals surface area (Å²) >= 11 is 0. The molecule has 114 valence electrons. The van der Waals surface area contributed by atoms with Gasteiger partial charge in [0.1, 0.15) is 5.82 Å². The zero-order valence-corrected chi connectivity index (χ0v) is 11.7. The van der Waals surface area contributed by atoms with Crippen molar-refractivity contribution in [2.45, 2.75) is 51.6 Å². The van der Waals surface area contributed by atoms with Crippen LogP contribution in [0.2, 0.25) is 0 Å². The molecule has 1 aromatic carbocycles. The summed E-state index contributed by atoms with van der Waals surface area (Å²) in [6.45, 7) is 2.63. The highest BCUT2D eigenvalue weighted by Crippen LogP contribution is 2.31. The highest BCUT2D eigenvalue weighted by Gasteiger charge is 2.31. The summed E-state index contributed by atoms with van der Waals surface area (Å²) < 4.78 is 50.9. The van der Waals surface area contributed by atoms with Gasteiger partial charge in [-0.25, -0.2) is 4.39 Å². The van der Waals surface area contributed by atoms with Crippen LogP contribution in [-0.2, 0) is 6.18 Å². The molecule has 20 heavy (non-hydrogen) atoms. The molecule has 5 heteroatoms. The van der Waals surface area contributed by atoms with Gasteiger partial charge >= 0.3 is 6.18 Å². The van der Waals surface area contributed by atoms with Crippen LogP contribution in [0.4, 0.5) is 23.2 Å². The molecule has 0 bridgehead atoms. The summed E-state index contributed by atoms with van der Waals surface area (Å²) in [5.41, 5.74) is -0.905. The normalized spacial score (nSPS) is 11.7. The maximum Gasteiger partial charge on any atom is 0.416 e. The van der Waals surface area contributed by atoms with Gasteiger partial charge in [0.05, 0.1) is 11.3 Å². The molecule has 0 radical (unpaired) electrons. The van der Waals surface area contributed by atoms with E-state index in [9.17, 15) is 17.6 Å². The molecule has 0 heterocycles. The van der Waals surface area contributed by atoms with E-state index in [0.29, 0.717) is 6.54 Å². The van der Waals surface area contributed by atoms with Crippen molar-refractivity contribution < 1.29 is 17.6 Å². The Labute approximate surface area is 117 Å². The van der Waals surface area contributed by atoms with E-state index in [1.54, 1.807) is 0 Å². The van der Waals surface area contributed by atoms with Gasteiger partial charge in [0.15, 0.2) is 0 Å². The smallest absolute Gasteiger partial charge is 0.383 e. The Bertz CT molecular complexity index is 401. The molecule has 0 unspecified atom stereocenters. The van der Waals surface area contributed by atoms with Crippen molar-refractivity contribution in [2.75, 3.05) is 11.9 Å². The second-order valence-electron chi connectivity index (χ2n) is 4.89. The third kappa shape index (κ3) is 5.80. The van der Waals surface area contributed by atoms with Crippen molar-refractivity contribution in [3.63, 3.8) is 0 Å². The average Bonchev–Trinajstić information content (AvgIpc) is 2.38. The van der Waals surface area contributed by atoms with Gasteiger partial charge in [-0.2, -0.15) is 13.2 Å². The van der Waals surface area contributed by atoms with Crippen LogP contribution in [0, 0.1) is 5.82 Å². The van der Waals surface area contributed by atoms with E-state index in [0.717, 1.165) is 37.5 Å². The molecule has 1 nitrogen and oxygen atoms in total. The zero-order chi connectivity index (χ0) is 15.0. The Morgan fingerprint density at radius 2 is 1.65 bits per heavy atom. The molecule has 0 saturated carbocycles. The minimum atomic E-state index is -4.44. The number of anilines is 1. The van der Waals surface area contributed by atoms with Gasteiger partial charge in [0, 0.05) is 6.54 Å². The van der Waals surface area contributed by atoms with E-state index < -0.39 is 17.6 Å². The van der Waals surface area contributed by atoms with Crippen LogP contribution >= 0.6 is 0 Å². The topological polar surface area (TPSA) is 12.0 Å². The fourth-order valence-corrected chi connectivity index (χ4v) is 1.97. The van der Waals surface area contributed by atoms with Crippen LogP contribution < -0.4 is 5.32 Å². The molecule has 0 aliphatic carbocycles. The van der Waals surface area contributed by atoms with Crippen LogP contribution in [0.25, 0.3) is 0 Å². The number of hydrogen-bond acceptors (Lipinski definition) is 1. The van der Waals surface area contributed by atoms with Crippen molar-refractivity contribution in [3.05, 3.63) is 29.6 Å². The molecule has 1 N–H and O–H groups in total. The minimum absolute atomic E-state index is 0.0756. The summed E-state index contributed by atoms with van der Waals surface area (Å²) in [6, 6.07) is 2.43. The number of rotatable bonds is 8. The summed E-state index contributed by atoms with van der Waals surface area (Å²) in [4.78, 5) is 0. The summed E-state index contributed by atoms with van der Waals surface area (Å²) in [6.07, 6.45) is 2.07. The fraction of sp³-hybridized carbons (Fsp3) is 0.600. The second-order valence-corrected chi connectivity index (χ2v) is 4.89. The third-order valence-electron chi connectivity index (χ3n) is 3.14. The monoisotopic (exact) mass is 291 g/mol. The summed E-state index contributed by atoms with van der Waals surface area (Å²) in [5, 5.41) is 2.74. The largest absolute Gasteiger partial charge is 0.416 e. The SMILES string of the molecule is CCCCCCCCNc1cc(C(F)(F)F)ccc1F. The lowest BCUT2D eigenvalue weighted by atomic mass is 10.1. The number of alkyl halides is 3. The Kier molecular flexibility index (Phi) is 6.82. The first kappa shape index (κ1) is 16.8. The number of benzene rings is 1. The van der Waals surface area contributed by atoms with E-state index >= 15 is 0 Å². The number of nitrogens with one attached hydrogen (secondary N) is 1. The quantitative estimate of drug-likeness (QED) is 0.484. The van der Waals surface area contributed by atoms with E-state index in [1.165, 1.54) is 19.3 Å². The molecule has 1 aromatic rings. The highest BCUT2D eigenvalue weighted by atomic mass is 19.4. The molecule has 0 spiro atoms. The first-order valence-corrected chi connectivity index (χ1v) is 7.05. The number of hydrogen-bond donors (Lipinski definition) is 1. The van der Waals surface area contributed by atoms with E-state index in [2.05, 4.69) is 12.2 Å². The summed E-state index contributed by atoms with van der Waals surface area (Å²) in [5.74, 6) is -0.649. The van der Waals surface area contributed by atoms with E-state index in [-0.39, 0.29) is 5.69 Å². The number of halogens is 4. The lowest BCUT2D eigenvalue weighted by Gasteiger charge is -2.11. The molecule has 0 aliphatic rings. The van der Waals surface area contributed by atoms with Gasteiger partial charge in [0.2, 0.25) is 0 Å². The second kappa shape index (κ2) is 8.12. The molecular weight excluding hydrogens is 270 g/mol. The number of unbranched alkanes of at least 4 members (excludes halogenated alkanes) is 5. The third-order valence-corrected chi connectivity index (χ3v) is 3.14. The Hall–Kier alpha value is -1.26. The minimum Gasteiger partial charge on any atom is -0.383 e. The standard InChI is InChI=1S/C15H21F4N/c1-2-3-4-5-6-7-10-20-14-11-12(15(17,18)19)8-9-13(14)16/h8-9,11,20H,2-7,10H2,1H3. The van der Waals surface area contributed by atoms with Crippen molar-refractivity contribution in [1.29, 1.82) is 0 Å². The lowest BCUT2D eigenvalue weighted by molar-refractivity contribution is -0.137. The Morgan fingerprint density at radius 3 is 2.30 bits per heavy atom. The van der Waals surface area contributed by atoms with Crippen LogP contribution in [0.3, 0.4) is 0 Å². The highest BCUT2D eigenvalue weighted by molar-refractivity contribution is 5.47. The van der Waals surface area contributed by atoms with E-state index in [4.69, 9.17) is 0 Å². The van der Waals surface area contributed by atoms with Crippen LogP contribution in [0.1, 0.15) is 51.0 Å². The molecule has 0 atom stereocenters. The first-order chi connectivity index (χ1) is 9.45. The maximum absolute atomic E-state index is 13.4. The Balaban J connectivity index is 2.40. The van der Waals surface area contributed by atoms with Crippen molar-refractivity contribution in [1.82, 2.24) is 0 Å². The first-order valence-electron chi connectivity index (χ1n) is 7.05. The van der Waals surface area contributed by atoms with Gasteiger partial charge in [-0.1, -0.05) is 39.0 Å². The van der Waals surface area contributed by atoms with Gasteiger partial charge in [-0.3, -0.25) is 0 Å². The summed E-state index contributed by atoms with van der Waals surface area (Å²) in [7, 11) is 0. The van der Waals surface area contributed by atoms with Crippen molar-refractivity contribution in [3.8, 4) is 0 Å². The fourth-order valence-electron chi connectivity index (χ4n) is 1.97. The predicted octanol–water partition coefficient (Wildman–Crippen LogP) is 5.62. The lowest BCUT2D eigenvalue weighted by Crippen LogP contribution is -2.08. The Morgan fingerprint density at radius 1 is 1.00 bits per heavy atom. The van der Waals surface area contributed by atoms with Gasteiger partial charge in [-0.15, -0.1) is 0 Å². The predicted molar refractivity (Wildman–Crippen MR) is 73.3 cm³/mol. The molecule has 0 aromatic heterocycles. The zero-order valence-electron chi connectivity index (χ0n) is 11.7. The average molecular weight is 291 g/mol. The van der Waals surface area contributed by atoms with Crippen LogP contribution in [0.5, 0.6) is 0 Å².